The Hall–Kier alpha value is -1.09. The number of H-pyrrole nitrogens is 1. The number of para-hydroxylation sites is 1. The lowest BCUT2D eigenvalue weighted by Gasteiger charge is -2.25. The van der Waals surface area contributed by atoms with Gasteiger partial charge in [0.1, 0.15) is 0 Å². The Bertz CT molecular complexity index is 850. The molecule has 2 unspecified atom stereocenters. The monoisotopic (exact) mass is 380 g/mol. The van der Waals surface area contributed by atoms with E-state index in [0.717, 1.165) is 18.5 Å². The molecule has 0 fully saturated rings. The van der Waals surface area contributed by atoms with Crippen LogP contribution in [0.15, 0.2) is 42.5 Å². The number of benzene rings is 2. The van der Waals surface area contributed by atoms with E-state index in [1.807, 2.05) is 12.1 Å². The lowest BCUT2D eigenvalue weighted by molar-refractivity contribution is 0.488. The predicted octanol–water partition coefficient (Wildman–Crippen LogP) is 5.13. The van der Waals surface area contributed by atoms with E-state index in [2.05, 4.69) is 48.6 Å². The van der Waals surface area contributed by atoms with Gasteiger partial charge in [0.2, 0.25) is 0 Å². The summed E-state index contributed by atoms with van der Waals surface area (Å²) in [7, 11) is 3.67. The van der Waals surface area contributed by atoms with Gasteiger partial charge in [0.15, 0.2) is 0 Å². The number of nitrogens with one attached hydrogen (secondary N) is 2. The van der Waals surface area contributed by atoms with E-state index in [9.17, 15) is 0 Å². The van der Waals surface area contributed by atoms with Crippen molar-refractivity contribution in [3.63, 3.8) is 0 Å². The molecule has 24 heavy (non-hydrogen) atoms. The zero-order valence-corrected chi connectivity index (χ0v) is 15.9. The van der Waals surface area contributed by atoms with Crippen molar-refractivity contribution < 1.29 is 4.52 Å². The van der Waals surface area contributed by atoms with Gasteiger partial charge in [-0.05, 0) is 45.2 Å². The van der Waals surface area contributed by atoms with E-state index >= 15 is 0 Å². The lowest BCUT2D eigenvalue weighted by atomic mass is 9.94. The molecule has 0 aliphatic carbocycles. The van der Waals surface area contributed by atoms with Crippen LogP contribution in [-0.2, 0) is 10.9 Å². The van der Waals surface area contributed by atoms with Crippen LogP contribution >= 0.6 is 32.7 Å². The fourth-order valence-corrected chi connectivity index (χ4v) is 3.70. The standard InChI is InChI=1S/C17H14Cl2N2.CH5OP/c18-10-5-6-13(14(19)9-10)16-17-12(7-8-20-16)11-3-1-2-4-15(11)21-17;1-2-3/h1-6,9,16,20-21H,7-8H2;3H2,1H3. The first-order valence-electron chi connectivity index (χ1n) is 7.66. The van der Waals surface area contributed by atoms with Crippen molar-refractivity contribution in [2.75, 3.05) is 13.7 Å². The van der Waals surface area contributed by atoms with Gasteiger partial charge in [-0.2, -0.15) is 0 Å². The highest BCUT2D eigenvalue weighted by atomic mass is 35.5. The van der Waals surface area contributed by atoms with E-state index < -0.39 is 0 Å². The van der Waals surface area contributed by atoms with Gasteiger partial charge in [-0.25, -0.2) is 0 Å². The molecule has 0 saturated carbocycles. The fraction of sp³-hybridized carbons (Fsp3) is 0.222. The van der Waals surface area contributed by atoms with E-state index in [-0.39, 0.29) is 6.04 Å². The van der Waals surface area contributed by atoms with Crippen molar-refractivity contribution in [1.82, 2.24) is 10.3 Å². The smallest absolute Gasteiger partial charge is 0.0746 e. The molecule has 0 amide bonds. The fourth-order valence-electron chi connectivity index (χ4n) is 3.18. The molecule has 0 saturated heterocycles. The summed E-state index contributed by atoms with van der Waals surface area (Å²) >= 11 is 12.4. The quantitative estimate of drug-likeness (QED) is 0.574. The molecule has 126 valence electrons. The van der Waals surface area contributed by atoms with Crippen LogP contribution in [0, 0.1) is 0 Å². The number of halogens is 2. The van der Waals surface area contributed by atoms with Gasteiger partial charge >= 0.3 is 0 Å². The van der Waals surface area contributed by atoms with Crippen LogP contribution in [-0.4, -0.2) is 18.6 Å². The molecule has 4 rings (SSSR count). The third-order valence-electron chi connectivity index (χ3n) is 4.13. The molecule has 0 radical (unpaired) electrons. The minimum atomic E-state index is 0.0888. The van der Waals surface area contributed by atoms with Crippen LogP contribution in [0.3, 0.4) is 0 Å². The summed E-state index contributed by atoms with van der Waals surface area (Å²) in [5.41, 5.74) is 4.85. The van der Waals surface area contributed by atoms with Crippen molar-refractivity contribution in [3.8, 4) is 0 Å². The molecule has 2 heterocycles. The second-order valence-corrected chi connectivity index (χ2v) is 6.92. The Morgan fingerprint density at radius 1 is 1.17 bits per heavy atom. The third kappa shape index (κ3) is 3.46. The largest absolute Gasteiger partial charge is 0.369 e. The summed E-state index contributed by atoms with van der Waals surface area (Å²) < 4.78 is 4.17. The first-order valence-corrected chi connectivity index (χ1v) is 8.89. The molecular weight excluding hydrogens is 362 g/mol. The maximum Gasteiger partial charge on any atom is 0.0746 e. The normalized spacial score (nSPS) is 16.4. The van der Waals surface area contributed by atoms with Gasteiger partial charge in [0.05, 0.1) is 6.04 Å². The van der Waals surface area contributed by atoms with E-state index in [1.165, 1.54) is 22.2 Å². The molecular formula is C18H19Cl2N2OP. The van der Waals surface area contributed by atoms with E-state index in [1.54, 1.807) is 13.2 Å². The minimum absolute atomic E-state index is 0.0888. The number of aromatic nitrogens is 1. The maximum absolute atomic E-state index is 6.39. The molecule has 2 N–H and O–H groups in total. The van der Waals surface area contributed by atoms with Crippen LogP contribution in [0.1, 0.15) is 22.9 Å². The highest BCUT2D eigenvalue weighted by Gasteiger charge is 2.26. The highest BCUT2D eigenvalue weighted by molar-refractivity contribution is 7.09. The van der Waals surface area contributed by atoms with Crippen LogP contribution in [0.25, 0.3) is 10.9 Å². The molecule has 2 aromatic carbocycles. The number of fused-ring (bicyclic) bond motifs is 3. The molecule has 0 bridgehead atoms. The highest BCUT2D eigenvalue weighted by Crippen LogP contribution is 2.36. The Kier molecular flexibility index (Phi) is 5.80. The Morgan fingerprint density at radius 3 is 2.67 bits per heavy atom. The van der Waals surface area contributed by atoms with Crippen molar-refractivity contribution in [2.45, 2.75) is 12.5 Å². The summed E-state index contributed by atoms with van der Waals surface area (Å²) in [6.07, 6.45) is 1.03. The van der Waals surface area contributed by atoms with Gasteiger partial charge in [0.25, 0.3) is 0 Å². The zero-order valence-electron chi connectivity index (χ0n) is 13.3. The van der Waals surface area contributed by atoms with Crippen molar-refractivity contribution >= 4 is 43.6 Å². The molecule has 3 nitrogen and oxygen atoms in total. The Labute approximate surface area is 154 Å². The summed E-state index contributed by atoms with van der Waals surface area (Å²) in [4.78, 5) is 3.55. The average Bonchev–Trinajstić information content (AvgIpc) is 2.95. The molecule has 1 aliphatic heterocycles. The maximum atomic E-state index is 6.39. The Balaban J connectivity index is 0.000000526. The average molecular weight is 381 g/mol. The number of aromatic amines is 1. The van der Waals surface area contributed by atoms with Gasteiger partial charge in [-0.3, -0.25) is 0 Å². The predicted molar refractivity (Wildman–Crippen MR) is 105 cm³/mol. The summed E-state index contributed by atoms with van der Waals surface area (Å²) in [5.74, 6) is 0. The second-order valence-electron chi connectivity index (χ2n) is 5.60. The first kappa shape index (κ1) is 17.7. The van der Waals surface area contributed by atoms with Gasteiger partial charge in [-0.1, -0.05) is 47.5 Å². The SMILES string of the molecule is COP.Clc1ccc(C2NCCc3c2[nH]c2ccccc32)c(Cl)c1. The van der Waals surface area contributed by atoms with Crippen molar-refractivity contribution in [2.24, 2.45) is 0 Å². The second kappa shape index (κ2) is 7.86. The van der Waals surface area contributed by atoms with Crippen LogP contribution < -0.4 is 5.32 Å². The minimum Gasteiger partial charge on any atom is -0.369 e. The van der Waals surface area contributed by atoms with Crippen LogP contribution in [0.5, 0.6) is 0 Å². The number of hydrogen-bond donors (Lipinski definition) is 2. The number of hydrogen-bond acceptors (Lipinski definition) is 2. The Morgan fingerprint density at radius 2 is 1.92 bits per heavy atom. The molecule has 2 atom stereocenters. The summed E-state index contributed by atoms with van der Waals surface area (Å²) in [5, 5.41) is 6.23. The molecule has 3 aromatic rings. The molecule has 6 heteroatoms. The van der Waals surface area contributed by atoms with Crippen molar-refractivity contribution in [3.05, 3.63) is 69.3 Å². The summed E-state index contributed by atoms with van der Waals surface area (Å²) in [6, 6.07) is 14.2. The topological polar surface area (TPSA) is 37.0 Å². The summed E-state index contributed by atoms with van der Waals surface area (Å²) in [6.45, 7) is 0.943. The van der Waals surface area contributed by atoms with Crippen LogP contribution in [0.4, 0.5) is 0 Å². The van der Waals surface area contributed by atoms with Gasteiger partial charge in [-0.15, -0.1) is 0 Å². The van der Waals surface area contributed by atoms with Crippen LogP contribution in [0.2, 0.25) is 10.0 Å². The van der Waals surface area contributed by atoms with E-state index in [0.29, 0.717) is 10.0 Å². The first-order chi connectivity index (χ1) is 11.7. The molecule has 0 spiro atoms. The van der Waals surface area contributed by atoms with E-state index in [4.69, 9.17) is 23.2 Å². The molecule has 1 aromatic heterocycles. The zero-order chi connectivity index (χ0) is 17.1. The number of rotatable bonds is 1. The third-order valence-corrected chi connectivity index (χ3v) is 4.69. The van der Waals surface area contributed by atoms with Gasteiger partial charge < -0.3 is 14.8 Å². The lowest BCUT2D eigenvalue weighted by Crippen LogP contribution is -2.30. The van der Waals surface area contributed by atoms with Crippen molar-refractivity contribution in [1.29, 1.82) is 0 Å². The van der Waals surface area contributed by atoms with Gasteiger partial charge in [0, 0.05) is 40.3 Å². The molecule has 1 aliphatic rings.